The fraction of sp³-hybridized carbons (Fsp3) is 0. The third kappa shape index (κ3) is 4.97. The molecule has 0 amide bonds. The third-order valence-electron chi connectivity index (χ3n) is 1.85. The van der Waals surface area contributed by atoms with E-state index in [-0.39, 0.29) is 0 Å². The van der Waals surface area contributed by atoms with Gasteiger partial charge in [0, 0.05) is 12.1 Å². The van der Waals surface area contributed by atoms with Crippen LogP contribution < -0.4 is 0 Å². The van der Waals surface area contributed by atoms with E-state index in [1.807, 2.05) is 36.4 Å². The SMILES string of the molecule is F[B-](F)(F)F.N#[N+]c1ccc2ccccc2c1. The summed E-state index contributed by atoms with van der Waals surface area (Å²) in [5.74, 6) is 0. The van der Waals surface area contributed by atoms with Crippen molar-refractivity contribution in [2.75, 3.05) is 0 Å². The Hall–Kier alpha value is -2.10. The van der Waals surface area contributed by atoms with Gasteiger partial charge < -0.3 is 17.3 Å². The van der Waals surface area contributed by atoms with E-state index in [9.17, 15) is 17.3 Å². The molecular weight excluding hydrogens is 235 g/mol. The molecule has 0 radical (unpaired) electrons. The van der Waals surface area contributed by atoms with Crippen LogP contribution in [-0.4, -0.2) is 7.25 Å². The largest absolute Gasteiger partial charge is 0.673 e. The smallest absolute Gasteiger partial charge is 0.418 e. The molecule has 0 aliphatic rings. The molecule has 2 nitrogen and oxygen atoms in total. The van der Waals surface area contributed by atoms with E-state index in [0.29, 0.717) is 5.69 Å². The lowest BCUT2D eigenvalue weighted by molar-refractivity contribution is 0.368. The Morgan fingerprint density at radius 3 is 1.94 bits per heavy atom. The second-order valence-corrected chi connectivity index (χ2v) is 3.13. The monoisotopic (exact) mass is 242 g/mol. The first-order chi connectivity index (χ1) is 7.90. The molecule has 0 saturated carbocycles. The highest BCUT2D eigenvalue weighted by Crippen LogP contribution is 2.20. The summed E-state index contributed by atoms with van der Waals surface area (Å²) in [4.78, 5) is 3.12. The molecule has 0 N–H and O–H groups in total. The summed E-state index contributed by atoms with van der Waals surface area (Å²) < 4.78 is 39.0. The van der Waals surface area contributed by atoms with E-state index >= 15 is 0 Å². The average Bonchev–Trinajstić information content (AvgIpc) is 2.26. The van der Waals surface area contributed by atoms with Crippen molar-refractivity contribution in [2.24, 2.45) is 0 Å². The van der Waals surface area contributed by atoms with Crippen LogP contribution in [0.25, 0.3) is 15.7 Å². The molecule has 0 saturated heterocycles. The lowest BCUT2D eigenvalue weighted by Gasteiger charge is -1.94. The number of benzene rings is 2. The summed E-state index contributed by atoms with van der Waals surface area (Å²) in [6, 6.07) is 13.5. The van der Waals surface area contributed by atoms with Gasteiger partial charge in [0.1, 0.15) is 0 Å². The van der Waals surface area contributed by atoms with E-state index in [1.165, 1.54) is 0 Å². The summed E-state index contributed by atoms with van der Waals surface area (Å²) >= 11 is 0. The minimum Gasteiger partial charge on any atom is -0.418 e. The Labute approximate surface area is 94.6 Å². The molecule has 0 atom stereocenters. The topological polar surface area (TPSA) is 28.1 Å². The van der Waals surface area contributed by atoms with Crippen molar-refractivity contribution in [3.63, 3.8) is 0 Å². The standard InChI is InChI=1S/C10H7N2.BF4/c11-12-10-6-5-8-3-1-2-4-9(8)7-10;2-1(3,4)5/h1-7H;/q+1;-1. The number of nitrogens with zero attached hydrogens (tertiary/aromatic N) is 2. The summed E-state index contributed by atoms with van der Waals surface area (Å²) in [5, 5.41) is 10.8. The number of hydrogen-bond donors (Lipinski definition) is 0. The molecule has 0 fully saturated rings. The van der Waals surface area contributed by atoms with Crippen LogP contribution in [0.2, 0.25) is 0 Å². The van der Waals surface area contributed by atoms with E-state index in [2.05, 4.69) is 4.98 Å². The number of rotatable bonds is 0. The molecule has 7 heteroatoms. The van der Waals surface area contributed by atoms with Crippen molar-refractivity contribution < 1.29 is 17.3 Å². The number of diazo groups is 1. The lowest BCUT2D eigenvalue weighted by Crippen LogP contribution is -2.02. The van der Waals surface area contributed by atoms with Gasteiger partial charge in [0.15, 0.2) is 4.98 Å². The van der Waals surface area contributed by atoms with Crippen molar-refractivity contribution in [2.45, 2.75) is 0 Å². The Kier molecular flexibility index (Phi) is 4.04. The number of hydrogen-bond acceptors (Lipinski definition) is 1. The van der Waals surface area contributed by atoms with Gasteiger partial charge in [-0.15, -0.1) is 0 Å². The Bertz CT molecular complexity index is 542. The van der Waals surface area contributed by atoms with Crippen LogP contribution in [0.3, 0.4) is 0 Å². The highest BCUT2D eigenvalue weighted by molar-refractivity contribution is 6.50. The molecule has 0 bridgehead atoms. The summed E-state index contributed by atoms with van der Waals surface area (Å²) in [6.07, 6.45) is 0. The van der Waals surface area contributed by atoms with Crippen molar-refractivity contribution in [1.82, 2.24) is 0 Å². The van der Waals surface area contributed by atoms with Crippen LogP contribution >= 0.6 is 0 Å². The minimum absolute atomic E-state index is 0.591. The van der Waals surface area contributed by atoms with Gasteiger partial charge in [-0.2, -0.15) is 0 Å². The predicted octanol–water partition coefficient (Wildman–Crippen LogP) is 4.62. The maximum absolute atomic E-state index is 9.75. The summed E-state index contributed by atoms with van der Waals surface area (Å²) in [7, 11) is -6.00. The zero-order valence-corrected chi connectivity index (χ0v) is 8.53. The van der Waals surface area contributed by atoms with E-state index < -0.39 is 7.25 Å². The fourth-order valence-electron chi connectivity index (χ4n) is 1.24. The summed E-state index contributed by atoms with van der Waals surface area (Å²) in [6.45, 7) is 0. The molecular formula is C10H7BF4N2. The zero-order chi connectivity index (χ0) is 12.9. The molecule has 0 aromatic heterocycles. The molecule has 0 unspecified atom stereocenters. The van der Waals surface area contributed by atoms with Gasteiger partial charge in [0.25, 0.3) is 0 Å². The molecule has 2 aromatic rings. The van der Waals surface area contributed by atoms with Gasteiger partial charge in [0.05, 0.1) is 0 Å². The lowest BCUT2D eigenvalue weighted by atomic mass is 10.1. The van der Waals surface area contributed by atoms with Gasteiger partial charge in [-0.25, -0.2) is 0 Å². The van der Waals surface area contributed by atoms with Gasteiger partial charge in [-0.05, 0) is 16.8 Å². The van der Waals surface area contributed by atoms with Crippen molar-refractivity contribution >= 4 is 23.7 Å². The Morgan fingerprint density at radius 2 is 1.41 bits per heavy atom. The first-order valence-corrected chi connectivity index (χ1v) is 4.61. The Morgan fingerprint density at radius 1 is 0.882 bits per heavy atom. The van der Waals surface area contributed by atoms with Crippen LogP contribution in [0, 0.1) is 5.39 Å². The van der Waals surface area contributed by atoms with Crippen LogP contribution in [0.5, 0.6) is 0 Å². The maximum atomic E-state index is 9.75. The zero-order valence-electron chi connectivity index (χ0n) is 8.53. The van der Waals surface area contributed by atoms with Crippen LogP contribution in [-0.2, 0) is 0 Å². The molecule has 88 valence electrons. The third-order valence-corrected chi connectivity index (χ3v) is 1.85. The molecule has 2 aromatic carbocycles. The second kappa shape index (κ2) is 5.30. The van der Waals surface area contributed by atoms with Crippen LogP contribution in [0.4, 0.5) is 23.0 Å². The Balaban J connectivity index is 0.000000249. The normalized spacial score (nSPS) is 10.3. The summed E-state index contributed by atoms with van der Waals surface area (Å²) in [5.41, 5.74) is 0.591. The number of halogens is 4. The minimum atomic E-state index is -6.00. The van der Waals surface area contributed by atoms with E-state index in [0.717, 1.165) is 10.8 Å². The predicted molar refractivity (Wildman–Crippen MR) is 58.9 cm³/mol. The molecule has 2 rings (SSSR count). The van der Waals surface area contributed by atoms with Crippen molar-refractivity contribution in [3.05, 3.63) is 47.4 Å². The molecule has 0 heterocycles. The van der Waals surface area contributed by atoms with E-state index in [4.69, 9.17) is 5.39 Å². The fourth-order valence-corrected chi connectivity index (χ4v) is 1.24. The molecule has 0 aliphatic heterocycles. The van der Waals surface area contributed by atoms with Gasteiger partial charge in [0.2, 0.25) is 5.39 Å². The molecule has 0 aliphatic carbocycles. The maximum Gasteiger partial charge on any atom is 0.673 e. The molecule has 17 heavy (non-hydrogen) atoms. The van der Waals surface area contributed by atoms with E-state index in [1.54, 1.807) is 6.07 Å². The number of fused-ring (bicyclic) bond motifs is 1. The highest BCUT2D eigenvalue weighted by atomic mass is 19.5. The quantitative estimate of drug-likeness (QED) is 0.376. The molecule has 0 spiro atoms. The van der Waals surface area contributed by atoms with Gasteiger partial charge >= 0.3 is 12.9 Å². The van der Waals surface area contributed by atoms with Crippen LogP contribution in [0.1, 0.15) is 0 Å². The first-order valence-electron chi connectivity index (χ1n) is 4.61. The average molecular weight is 242 g/mol. The highest BCUT2D eigenvalue weighted by Gasteiger charge is 2.20. The first kappa shape index (κ1) is 13.0. The van der Waals surface area contributed by atoms with Crippen LogP contribution in [0.15, 0.2) is 42.5 Å². The second-order valence-electron chi connectivity index (χ2n) is 3.13. The van der Waals surface area contributed by atoms with Crippen molar-refractivity contribution in [3.8, 4) is 0 Å². The van der Waals surface area contributed by atoms with Gasteiger partial charge in [-0.1, -0.05) is 24.3 Å². The van der Waals surface area contributed by atoms with Crippen molar-refractivity contribution in [1.29, 1.82) is 5.39 Å². The van der Waals surface area contributed by atoms with Gasteiger partial charge in [-0.3, -0.25) is 0 Å².